The van der Waals surface area contributed by atoms with Crippen LogP contribution in [0.5, 0.6) is 0 Å². The number of benzene rings is 2. The maximum Gasteiger partial charge on any atom is 0.275 e. The van der Waals surface area contributed by atoms with E-state index in [1.54, 1.807) is 6.20 Å². The van der Waals surface area contributed by atoms with Crippen molar-refractivity contribution in [3.05, 3.63) is 106 Å². The average Bonchev–Trinajstić information content (AvgIpc) is 3.47. The summed E-state index contributed by atoms with van der Waals surface area (Å²) in [5.41, 5.74) is 5.86. The molecular weight excluding hydrogens is 412 g/mol. The van der Waals surface area contributed by atoms with Gasteiger partial charge in [-0.05, 0) is 22.6 Å². The molecule has 5 rings (SSSR count). The van der Waals surface area contributed by atoms with Gasteiger partial charge in [-0.1, -0.05) is 68.4 Å². The Kier molecular flexibility index (Phi) is 5.11. The lowest BCUT2D eigenvalue weighted by Gasteiger charge is -2.10. The van der Waals surface area contributed by atoms with Crippen molar-refractivity contribution in [2.45, 2.75) is 26.3 Å². The fourth-order valence-electron chi connectivity index (χ4n) is 4.03. The third-order valence-electron chi connectivity index (χ3n) is 5.69. The van der Waals surface area contributed by atoms with Gasteiger partial charge in [0.15, 0.2) is 5.65 Å². The van der Waals surface area contributed by atoms with E-state index < -0.39 is 0 Å². The molecular formula is C26H22N6O. The van der Waals surface area contributed by atoms with E-state index in [1.807, 2.05) is 42.9 Å². The molecule has 3 heterocycles. The third-order valence-corrected chi connectivity index (χ3v) is 5.69. The van der Waals surface area contributed by atoms with E-state index >= 15 is 0 Å². The Bertz CT molecular complexity index is 1530. The molecule has 1 N–H and O–H groups in total. The van der Waals surface area contributed by atoms with E-state index in [4.69, 9.17) is 6.57 Å². The molecule has 0 spiro atoms. The van der Waals surface area contributed by atoms with E-state index in [2.05, 4.69) is 56.4 Å². The van der Waals surface area contributed by atoms with E-state index in [1.165, 1.54) is 21.8 Å². The number of fused-ring (bicyclic) bond motifs is 1. The van der Waals surface area contributed by atoms with Gasteiger partial charge in [0.05, 0.1) is 25.0 Å². The Morgan fingerprint density at radius 3 is 2.45 bits per heavy atom. The largest absolute Gasteiger partial charge is 0.308 e. The first-order valence-electron chi connectivity index (χ1n) is 10.7. The molecule has 7 nitrogen and oxygen atoms in total. The summed E-state index contributed by atoms with van der Waals surface area (Å²) >= 11 is 0. The van der Waals surface area contributed by atoms with Gasteiger partial charge in [0.1, 0.15) is 0 Å². The Morgan fingerprint density at radius 2 is 1.76 bits per heavy atom. The summed E-state index contributed by atoms with van der Waals surface area (Å²) in [4.78, 5) is 21.3. The average molecular weight is 435 g/mol. The highest BCUT2D eigenvalue weighted by Crippen LogP contribution is 2.28. The minimum atomic E-state index is -0.191. The van der Waals surface area contributed by atoms with Gasteiger partial charge >= 0.3 is 0 Å². The molecule has 33 heavy (non-hydrogen) atoms. The quantitative estimate of drug-likeness (QED) is 0.383. The van der Waals surface area contributed by atoms with Crippen LogP contribution >= 0.6 is 0 Å². The lowest BCUT2D eigenvalue weighted by atomic mass is 10.00. The van der Waals surface area contributed by atoms with E-state index in [-0.39, 0.29) is 11.5 Å². The monoisotopic (exact) mass is 434 g/mol. The predicted molar refractivity (Wildman–Crippen MR) is 128 cm³/mol. The molecule has 0 bridgehead atoms. The Hall–Kier alpha value is -4.44. The molecule has 5 aromatic rings. The maximum atomic E-state index is 13.1. The van der Waals surface area contributed by atoms with Crippen molar-refractivity contribution < 1.29 is 0 Å². The van der Waals surface area contributed by atoms with Crippen LogP contribution in [0.25, 0.3) is 32.9 Å². The summed E-state index contributed by atoms with van der Waals surface area (Å²) in [6.07, 6.45) is 5.14. The van der Waals surface area contributed by atoms with Gasteiger partial charge in [-0.15, -0.1) is 0 Å². The van der Waals surface area contributed by atoms with Crippen molar-refractivity contribution in [1.29, 1.82) is 0 Å². The highest BCUT2D eigenvalue weighted by atomic mass is 16.1. The molecule has 0 atom stereocenters. The van der Waals surface area contributed by atoms with Crippen LogP contribution in [-0.4, -0.2) is 24.4 Å². The predicted octanol–water partition coefficient (Wildman–Crippen LogP) is 5.28. The second kappa shape index (κ2) is 8.24. The number of aromatic nitrogens is 5. The molecule has 0 unspecified atom stereocenters. The van der Waals surface area contributed by atoms with Crippen molar-refractivity contribution in [1.82, 2.24) is 24.4 Å². The van der Waals surface area contributed by atoms with Crippen LogP contribution in [0.1, 0.15) is 30.9 Å². The zero-order valence-electron chi connectivity index (χ0n) is 18.4. The lowest BCUT2D eigenvalue weighted by molar-refractivity contribution is 0.687. The van der Waals surface area contributed by atoms with Gasteiger partial charge in [0.25, 0.3) is 5.56 Å². The fraction of sp³-hybridized carbons (Fsp3) is 0.154. The van der Waals surface area contributed by atoms with Gasteiger partial charge in [-0.3, -0.25) is 9.48 Å². The zero-order valence-corrected chi connectivity index (χ0v) is 18.4. The molecule has 0 fully saturated rings. The molecule has 0 aliphatic rings. The second-order valence-corrected chi connectivity index (χ2v) is 8.25. The Labute approximate surface area is 190 Å². The van der Waals surface area contributed by atoms with Crippen LogP contribution in [0.15, 0.2) is 78.0 Å². The van der Waals surface area contributed by atoms with Crippen molar-refractivity contribution >= 4 is 11.3 Å². The normalized spacial score (nSPS) is 11.2. The molecule has 0 saturated heterocycles. The van der Waals surface area contributed by atoms with Crippen LogP contribution in [0.3, 0.4) is 0 Å². The standard InChI is InChI=1S/C26H22N6O/c1-17(2)23-24(30-25-22(27-3)14-29-32(25)26(23)33)21-13-28-31(16-21)15-18-9-11-20(12-10-18)19-7-5-4-6-8-19/h4-14,16-17,29H,15H2,1-2H3. The highest BCUT2D eigenvalue weighted by Gasteiger charge is 2.20. The van der Waals surface area contributed by atoms with Crippen LogP contribution in [-0.2, 0) is 6.54 Å². The molecule has 0 radical (unpaired) electrons. The van der Waals surface area contributed by atoms with Gasteiger partial charge in [-0.25, -0.2) is 14.3 Å². The van der Waals surface area contributed by atoms with Crippen molar-refractivity contribution in [3.63, 3.8) is 0 Å². The lowest BCUT2D eigenvalue weighted by Crippen LogP contribution is -2.22. The minimum absolute atomic E-state index is 0.0366. The van der Waals surface area contributed by atoms with Gasteiger partial charge in [0, 0.05) is 23.5 Å². The first kappa shape index (κ1) is 20.5. The van der Waals surface area contributed by atoms with Crippen LogP contribution < -0.4 is 5.56 Å². The number of hydrogen-bond acceptors (Lipinski definition) is 3. The fourth-order valence-corrected chi connectivity index (χ4v) is 4.03. The Morgan fingerprint density at radius 1 is 1.03 bits per heavy atom. The van der Waals surface area contributed by atoms with Gasteiger partial charge in [0.2, 0.25) is 5.69 Å². The van der Waals surface area contributed by atoms with Crippen LogP contribution in [0.2, 0.25) is 0 Å². The Balaban J connectivity index is 1.48. The summed E-state index contributed by atoms with van der Waals surface area (Å²) in [5, 5.41) is 7.35. The van der Waals surface area contributed by atoms with Crippen molar-refractivity contribution in [2.24, 2.45) is 0 Å². The van der Waals surface area contributed by atoms with Crippen LogP contribution in [0, 0.1) is 6.57 Å². The van der Waals surface area contributed by atoms with E-state index in [0.29, 0.717) is 29.1 Å². The molecule has 0 saturated carbocycles. The maximum absolute atomic E-state index is 13.1. The van der Waals surface area contributed by atoms with E-state index in [9.17, 15) is 4.79 Å². The summed E-state index contributed by atoms with van der Waals surface area (Å²) in [7, 11) is 0. The number of aromatic amines is 1. The first-order chi connectivity index (χ1) is 16.0. The highest BCUT2D eigenvalue weighted by molar-refractivity contribution is 5.73. The molecule has 3 aromatic heterocycles. The third kappa shape index (κ3) is 3.72. The zero-order chi connectivity index (χ0) is 22.9. The number of rotatable bonds is 5. The van der Waals surface area contributed by atoms with E-state index in [0.717, 1.165) is 11.1 Å². The molecule has 0 amide bonds. The molecule has 0 aliphatic heterocycles. The molecule has 7 heteroatoms. The molecule has 162 valence electrons. The summed E-state index contributed by atoms with van der Waals surface area (Å²) < 4.78 is 3.18. The second-order valence-electron chi connectivity index (χ2n) is 8.25. The first-order valence-corrected chi connectivity index (χ1v) is 10.7. The number of hydrogen-bond donors (Lipinski definition) is 1. The van der Waals surface area contributed by atoms with Crippen molar-refractivity contribution in [2.75, 3.05) is 0 Å². The topological polar surface area (TPSA) is 72.3 Å². The number of nitrogens with one attached hydrogen (secondary N) is 1. The summed E-state index contributed by atoms with van der Waals surface area (Å²) in [6, 6.07) is 18.7. The molecule has 2 aromatic carbocycles. The number of nitrogens with zero attached hydrogens (tertiary/aromatic N) is 5. The minimum Gasteiger partial charge on any atom is -0.308 e. The van der Waals surface area contributed by atoms with Crippen molar-refractivity contribution in [3.8, 4) is 22.4 Å². The smallest absolute Gasteiger partial charge is 0.275 e. The van der Waals surface area contributed by atoms with Crippen LogP contribution in [0.4, 0.5) is 5.69 Å². The van der Waals surface area contributed by atoms with Gasteiger partial charge < -0.3 is 5.10 Å². The molecule has 0 aliphatic carbocycles. The number of H-pyrrole nitrogens is 1. The summed E-state index contributed by atoms with van der Waals surface area (Å²) in [6.45, 7) is 11.9. The summed E-state index contributed by atoms with van der Waals surface area (Å²) in [5.74, 6) is -0.0366. The van der Waals surface area contributed by atoms with Gasteiger partial charge in [-0.2, -0.15) is 5.10 Å². The SMILES string of the molecule is [C-]#[N+]c1c[nH]n2c(=O)c(C(C)C)c(-c3cnn(Cc4ccc(-c5ccccc5)cc4)c3)nc12.